The zero-order chi connectivity index (χ0) is 8.27. The van der Waals surface area contributed by atoms with Gasteiger partial charge >= 0.3 is 0 Å². The van der Waals surface area contributed by atoms with Crippen LogP contribution in [0, 0.1) is 17.8 Å². The summed E-state index contributed by atoms with van der Waals surface area (Å²) in [5.41, 5.74) is 0. The molecule has 0 fully saturated rings. The fraction of sp³-hybridized carbons (Fsp3) is 0.800. The minimum absolute atomic E-state index is 0.821. The summed E-state index contributed by atoms with van der Waals surface area (Å²) in [5.74, 6) is 2.52. The summed E-state index contributed by atoms with van der Waals surface area (Å²) in [5, 5.41) is 3.19. The van der Waals surface area contributed by atoms with Crippen LogP contribution in [-0.2, 0) is 0 Å². The summed E-state index contributed by atoms with van der Waals surface area (Å²) in [4.78, 5) is 0. The molecule has 1 aliphatic rings. The third-order valence-corrected chi connectivity index (χ3v) is 2.75. The first-order valence-corrected chi connectivity index (χ1v) is 4.58. The van der Waals surface area contributed by atoms with Crippen LogP contribution in [0.3, 0.4) is 0 Å². The van der Waals surface area contributed by atoms with Crippen molar-refractivity contribution in [3.8, 4) is 0 Å². The van der Waals surface area contributed by atoms with Crippen molar-refractivity contribution in [3.05, 3.63) is 12.2 Å². The predicted molar refractivity (Wildman–Crippen MR) is 49.5 cm³/mol. The van der Waals surface area contributed by atoms with Gasteiger partial charge in [-0.25, -0.2) is 0 Å². The van der Waals surface area contributed by atoms with Crippen molar-refractivity contribution in [2.75, 3.05) is 13.6 Å². The van der Waals surface area contributed by atoms with Crippen LogP contribution in [0.5, 0.6) is 0 Å². The Morgan fingerprint density at radius 1 is 1.45 bits per heavy atom. The SMILES string of the molecule is CNCCC(C)C1C=CC1C. The Labute approximate surface area is 69.9 Å². The van der Waals surface area contributed by atoms with Crippen LogP contribution in [0.2, 0.25) is 0 Å². The van der Waals surface area contributed by atoms with Gasteiger partial charge in [0, 0.05) is 0 Å². The van der Waals surface area contributed by atoms with Crippen LogP contribution >= 0.6 is 0 Å². The molecular formula is C10H19N. The van der Waals surface area contributed by atoms with Gasteiger partial charge in [-0.15, -0.1) is 0 Å². The Bertz CT molecular complexity index is 140. The van der Waals surface area contributed by atoms with Gasteiger partial charge < -0.3 is 5.32 Å². The minimum Gasteiger partial charge on any atom is -0.320 e. The molecule has 3 atom stereocenters. The van der Waals surface area contributed by atoms with Gasteiger partial charge in [-0.1, -0.05) is 26.0 Å². The molecule has 0 aromatic heterocycles. The molecule has 0 saturated heterocycles. The van der Waals surface area contributed by atoms with Crippen LogP contribution < -0.4 is 5.32 Å². The molecule has 0 bridgehead atoms. The topological polar surface area (TPSA) is 12.0 Å². The highest BCUT2D eigenvalue weighted by molar-refractivity contribution is 5.08. The fourth-order valence-electron chi connectivity index (χ4n) is 1.73. The van der Waals surface area contributed by atoms with E-state index in [4.69, 9.17) is 0 Å². The second kappa shape index (κ2) is 3.91. The van der Waals surface area contributed by atoms with Gasteiger partial charge in [-0.2, -0.15) is 0 Å². The second-order valence-electron chi connectivity index (χ2n) is 3.69. The summed E-state index contributed by atoms with van der Waals surface area (Å²) < 4.78 is 0. The maximum atomic E-state index is 3.19. The molecule has 1 heteroatoms. The molecule has 0 aliphatic heterocycles. The van der Waals surface area contributed by atoms with E-state index in [0.717, 1.165) is 24.3 Å². The third-order valence-electron chi connectivity index (χ3n) is 2.75. The normalized spacial score (nSPS) is 31.5. The molecular weight excluding hydrogens is 134 g/mol. The maximum absolute atomic E-state index is 3.19. The van der Waals surface area contributed by atoms with Crippen LogP contribution in [-0.4, -0.2) is 13.6 Å². The Kier molecular flexibility index (Phi) is 3.13. The Balaban J connectivity index is 2.20. The van der Waals surface area contributed by atoms with Crippen molar-refractivity contribution < 1.29 is 0 Å². The first kappa shape index (κ1) is 8.79. The lowest BCUT2D eigenvalue weighted by atomic mass is 9.74. The molecule has 0 amide bonds. The van der Waals surface area contributed by atoms with Crippen LogP contribution in [0.4, 0.5) is 0 Å². The Hall–Kier alpha value is -0.300. The number of hydrogen-bond acceptors (Lipinski definition) is 1. The number of nitrogens with one attached hydrogen (secondary N) is 1. The van der Waals surface area contributed by atoms with Crippen molar-refractivity contribution in [1.82, 2.24) is 5.32 Å². The van der Waals surface area contributed by atoms with Gasteiger partial charge in [0.15, 0.2) is 0 Å². The molecule has 64 valence electrons. The van der Waals surface area contributed by atoms with E-state index in [2.05, 4.69) is 31.3 Å². The van der Waals surface area contributed by atoms with Crippen molar-refractivity contribution in [2.24, 2.45) is 17.8 Å². The molecule has 1 nitrogen and oxygen atoms in total. The second-order valence-corrected chi connectivity index (χ2v) is 3.69. The lowest BCUT2D eigenvalue weighted by Crippen LogP contribution is -2.25. The van der Waals surface area contributed by atoms with E-state index in [1.54, 1.807) is 0 Å². The maximum Gasteiger partial charge on any atom is -0.00492 e. The van der Waals surface area contributed by atoms with E-state index < -0.39 is 0 Å². The molecule has 0 spiro atoms. The largest absolute Gasteiger partial charge is 0.320 e. The summed E-state index contributed by atoms with van der Waals surface area (Å²) in [6.45, 7) is 5.81. The molecule has 0 heterocycles. The zero-order valence-electron chi connectivity index (χ0n) is 7.80. The van der Waals surface area contributed by atoms with Gasteiger partial charge in [0.05, 0.1) is 0 Å². The van der Waals surface area contributed by atoms with E-state index in [1.807, 2.05) is 7.05 Å². The van der Waals surface area contributed by atoms with Gasteiger partial charge in [-0.05, 0) is 37.8 Å². The summed E-state index contributed by atoms with van der Waals surface area (Å²) in [6.07, 6.45) is 5.96. The van der Waals surface area contributed by atoms with E-state index in [0.29, 0.717) is 0 Å². The smallest absolute Gasteiger partial charge is 0.00492 e. The average Bonchev–Trinajstić information content (AvgIpc) is 1.98. The third kappa shape index (κ3) is 2.06. The highest BCUT2D eigenvalue weighted by Crippen LogP contribution is 2.32. The quantitative estimate of drug-likeness (QED) is 0.610. The highest BCUT2D eigenvalue weighted by Gasteiger charge is 2.24. The van der Waals surface area contributed by atoms with Gasteiger partial charge in [-0.3, -0.25) is 0 Å². The number of allylic oxidation sites excluding steroid dienone is 2. The van der Waals surface area contributed by atoms with Crippen molar-refractivity contribution in [2.45, 2.75) is 20.3 Å². The average molecular weight is 153 g/mol. The summed E-state index contributed by atoms with van der Waals surface area (Å²) in [6, 6.07) is 0. The number of rotatable bonds is 4. The molecule has 1 aliphatic carbocycles. The van der Waals surface area contributed by atoms with Crippen LogP contribution in [0.15, 0.2) is 12.2 Å². The lowest BCUT2D eigenvalue weighted by Gasteiger charge is -2.31. The van der Waals surface area contributed by atoms with E-state index in [1.165, 1.54) is 6.42 Å². The highest BCUT2D eigenvalue weighted by atomic mass is 14.8. The first-order valence-electron chi connectivity index (χ1n) is 4.58. The lowest BCUT2D eigenvalue weighted by molar-refractivity contribution is 0.307. The molecule has 0 aromatic rings. The molecule has 0 saturated carbocycles. The first-order chi connectivity index (χ1) is 5.25. The molecule has 11 heavy (non-hydrogen) atoms. The monoisotopic (exact) mass is 153 g/mol. The van der Waals surface area contributed by atoms with E-state index in [9.17, 15) is 0 Å². The number of hydrogen-bond donors (Lipinski definition) is 1. The van der Waals surface area contributed by atoms with Crippen LogP contribution in [0.25, 0.3) is 0 Å². The van der Waals surface area contributed by atoms with Gasteiger partial charge in [0.25, 0.3) is 0 Å². The van der Waals surface area contributed by atoms with E-state index >= 15 is 0 Å². The van der Waals surface area contributed by atoms with Crippen molar-refractivity contribution >= 4 is 0 Å². The zero-order valence-corrected chi connectivity index (χ0v) is 7.80. The Morgan fingerprint density at radius 2 is 2.18 bits per heavy atom. The molecule has 0 aromatic carbocycles. The Morgan fingerprint density at radius 3 is 2.55 bits per heavy atom. The van der Waals surface area contributed by atoms with Crippen molar-refractivity contribution in [1.29, 1.82) is 0 Å². The molecule has 3 unspecified atom stereocenters. The minimum atomic E-state index is 0.821. The van der Waals surface area contributed by atoms with Gasteiger partial charge in [0.1, 0.15) is 0 Å². The standard InChI is InChI=1S/C10H19N/c1-8-4-5-10(8)9(2)6-7-11-3/h4-5,8-11H,6-7H2,1-3H3. The van der Waals surface area contributed by atoms with E-state index in [-0.39, 0.29) is 0 Å². The van der Waals surface area contributed by atoms with Crippen molar-refractivity contribution in [3.63, 3.8) is 0 Å². The van der Waals surface area contributed by atoms with Gasteiger partial charge in [0.2, 0.25) is 0 Å². The predicted octanol–water partition coefficient (Wildman–Crippen LogP) is 2.05. The molecule has 1 N–H and O–H groups in total. The summed E-state index contributed by atoms with van der Waals surface area (Å²) in [7, 11) is 2.02. The van der Waals surface area contributed by atoms with Crippen LogP contribution in [0.1, 0.15) is 20.3 Å². The summed E-state index contributed by atoms with van der Waals surface area (Å²) >= 11 is 0. The molecule has 0 radical (unpaired) electrons. The molecule has 1 rings (SSSR count). The fourth-order valence-corrected chi connectivity index (χ4v) is 1.73.